The number of hydrogen-bond donors (Lipinski definition) is 1. The third-order valence-electron chi connectivity index (χ3n) is 3.27. The molecule has 0 saturated carbocycles. The van der Waals surface area contributed by atoms with E-state index >= 15 is 0 Å². The largest absolute Gasteiger partial charge is 0.324 e. The van der Waals surface area contributed by atoms with Gasteiger partial charge in [-0.3, -0.25) is 4.79 Å². The monoisotopic (exact) mass is 313 g/mol. The Morgan fingerprint density at radius 1 is 1.27 bits per heavy atom. The van der Waals surface area contributed by atoms with Gasteiger partial charge in [-0.2, -0.15) is 4.80 Å². The molecule has 0 aliphatic carbocycles. The lowest BCUT2D eigenvalue weighted by Gasteiger charge is -2.07. The normalized spacial score (nSPS) is 10.6. The number of carbonyl (C=O) groups excluding carboxylic acids is 1. The highest BCUT2D eigenvalue weighted by Gasteiger charge is 2.10. The van der Waals surface area contributed by atoms with Crippen molar-refractivity contribution in [3.8, 4) is 10.7 Å². The van der Waals surface area contributed by atoms with Crippen molar-refractivity contribution in [2.75, 3.05) is 5.32 Å². The van der Waals surface area contributed by atoms with Gasteiger partial charge in [0.1, 0.15) is 6.54 Å². The molecule has 0 radical (unpaired) electrons. The Morgan fingerprint density at radius 2 is 2.14 bits per heavy atom. The van der Waals surface area contributed by atoms with E-state index in [2.05, 4.69) is 20.7 Å². The van der Waals surface area contributed by atoms with E-state index in [0.29, 0.717) is 5.82 Å². The molecule has 0 bridgehead atoms. The van der Waals surface area contributed by atoms with E-state index in [1.165, 1.54) is 21.7 Å². The molecule has 2 heterocycles. The molecule has 1 N–H and O–H groups in total. The van der Waals surface area contributed by atoms with Gasteiger partial charge in [-0.25, -0.2) is 0 Å². The molecule has 1 amide bonds. The lowest BCUT2D eigenvalue weighted by atomic mass is 10.1. The second-order valence-electron chi connectivity index (χ2n) is 4.97. The molecule has 0 spiro atoms. The third-order valence-corrected chi connectivity index (χ3v) is 4.14. The van der Waals surface area contributed by atoms with Gasteiger partial charge in [-0.1, -0.05) is 12.1 Å². The van der Waals surface area contributed by atoms with Crippen LogP contribution in [0, 0.1) is 13.8 Å². The van der Waals surface area contributed by atoms with Crippen molar-refractivity contribution in [3.05, 3.63) is 46.8 Å². The number of aryl methyl sites for hydroxylation is 2. The Hall–Kier alpha value is -2.54. The highest BCUT2D eigenvalue weighted by molar-refractivity contribution is 7.13. The van der Waals surface area contributed by atoms with Crippen molar-refractivity contribution in [1.29, 1.82) is 0 Å². The summed E-state index contributed by atoms with van der Waals surface area (Å²) in [6, 6.07) is 9.65. The van der Waals surface area contributed by atoms with E-state index in [1.807, 2.05) is 49.6 Å². The third kappa shape index (κ3) is 3.20. The quantitative estimate of drug-likeness (QED) is 0.803. The first-order valence-corrected chi connectivity index (χ1v) is 7.68. The summed E-state index contributed by atoms with van der Waals surface area (Å²) in [5.41, 5.74) is 3.10. The number of amides is 1. The van der Waals surface area contributed by atoms with E-state index in [9.17, 15) is 4.79 Å². The number of thiophene rings is 1. The van der Waals surface area contributed by atoms with Gasteiger partial charge in [0.2, 0.25) is 11.7 Å². The summed E-state index contributed by atoms with van der Waals surface area (Å²) in [6.07, 6.45) is 0. The molecule has 3 rings (SSSR count). The Bertz CT molecular complexity index is 794. The van der Waals surface area contributed by atoms with E-state index in [1.54, 1.807) is 0 Å². The van der Waals surface area contributed by atoms with Crippen LogP contribution >= 0.6 is 11.3 Å². The Kier molecular flexibility index (Phi) is 3.97. The number of carbonyl (C=O) groups is 1. The molecule has 3 aromatic rings. The lowest BCUT2D eigenvalue weighted by molar-refractivity contribution is -0.117. The van der Waals surface area contributed by atoms with Gasteiger partial charge in [0.15, 0.2) is 0 Å². The van der Waals surface area contributed by atoms with Gasteiger partial charge in [0.05, 0.1) is 4.88 Å². The summed E-state index contributed by atoms with van der Waals surface area (Å²) in [6.45, 7) is 4.08. The molecule has 0 aliphatic rings. The van der Waals surface area contributed by atoms with Crippen molar-refractivity contribution < 1.29 is 4.79 Å². The highest BCUT2D eigenvalue weighted by atomic mass is 32.1. The molecule has 112 valence electrons. The molecule has 6 nitrogen and oxygen atoms in total. The molecule has 0 unspecified atom stereocenters. The van der Waals surface area contributed by atoms with E-state index < -0.39 is 0 Å². The number of nitrogens with zero attached hydrogens (tertiary/aromatic N) is 4. The van der Waals surface area contributed by atoms with Crippen LogP contribution in [0.15, 0.2) is 35.7 Å². The van der Waals surface area contributed by atoms with Crippen LogP contribution in [0.3, 0.4) is 0 Å². The fourth-order valence-corrected chi connectivity index (χ4v) is 2.61. The van der Waals surface area contributed by atoms with Gasteiger partial charge < -0.3 is 5.32 Å². The second-order valence-corrected chi connectivity index (χ2v) is 5.92. The van der Waals surface area contributed by atoms with Gasteiger partial charge in [0.25, 0.3) is 0 Å². The van der Waals surface area contributed by atoms with Gasteiger partial charge in [-0.15, -0.1) is 21.5 Å². The van der Waals surface area contributed by atoms with Crippen molar-refractivity contribution >= 4 is 22.9 Å². The Labute approximate surface area is 131 Å². The smallest absolute Gasteiger partial charge is 0.248 e. The molecule has 22 heavy (non-hydrogen) atoms. The maximum absolute atomic E-state index is 12.0. The van der Waals surface area contributed by atoms with E-state index in [0.717, 1.165) is 16.1 Å². The van der Waals surface area contributed by atoms with Crippen LogP contribution in [0.25, 0.3) is 10.7 Å². The van der Waals surface area contributed by atoms with Crippen LogP contribution in [0.1, 0.15) is 11.1 Å². The first-order chi connectivity index (χ1) is 10.6. The lowest BCUT2D eigenvalue weighted by Crippen LogP contribution is -2.20. The minimum absolute atomic E-state index is 0.0330. The van der Waals surface area contributed by atoms with Crippen LogP contribution < -0.4 is 5.32 Å². The van der Waals surface area contributed by atoms with Crippen molar-refractivity contribution in [1.82, 2.24) is 20.2 Å². The number of rotatable bonds is 4. The van der Waals surface area contributed by atoms with Gasteiger partial charge >= 0.3 is 0 Å². The number of tetrazole rings is 1. The maximum Gasteiger partial charge on any atom is 0.248 e. The predicted molar refractivity (Wildman–Crippen MR) is 85.7 cm³/mol. The number of nitrogens with one attached hydrogen (secondary N) is 1. The van der Waals surface area contributed by atoms with Crippen LogP contribution in [0.5, 0.6) is 0 Å². The first-order valence-electron chi connectivity index (χ1n) is 6.80. The van der Waals surface area contributed by atoms with Crippen LogP contribution in [0.2, 0.25) is 0 Å². The van der Waals surface area contributed by atoms with E-state index in [4.69, 9.17) is 0 Å². The SMILES string of the molecule is Cc1ccc(NC(=O)Cn2nnc(-c3cccs3)n2)cc1C. The fraction of sp³-hybridized carbons (Fsp3) is 0.200. The predicted octanol–water partition coefficient (Wildman–Crippen LogP) is 2.66. The summed E-state index contributed by atoms with van der Waals surface area (Å²) in [4.78, 5) is 14.3. The molecule has 1 aromatic carbocycles. The second kappa shape index (κ2) is 6.07. The minimum Gasteiger partial charge on any atom is -0.324 e. The zero-order chi connectivity index (χ0) is 15.5. The van der Waals surface area contributed by atoms with Crippen molar-refractivity contribution in [2.45, 2.75) is 20.4 Å². The molecular formula is C15H15N5OS. The minimum atomic E-state index is -0.182. The average molecular weight is 313 g/mol. The first kappa shape index (κ1) is 14.4. The molecule has 2 aromatic heterocycles. The molecule has 0 saturated heterocycles. The zero-order valence-corrected chi connectivity index (χ0v) is 13.1. The number of benzene rings is 1. The summed E-state index contributed by atoms with van der Waals surface area (Å²) in [5.74, 6) is 0.354. The number of aromatic nitrogens is 4. The summed E-state index contributed by atoms with van der Waals surface area (Å²) >= 11 is 1.53. The maximum atomic E-state index is 12.0. The average Bonchev–Trinajstić information content (AvgIpc) is 3.13. The fourth-order valence-electron chi connectivity index (χ4n) is 1.96. The number of anilines is 1. The standard InChI is InChI=1S/C15H15N5OS/c1-10-5-6-12(8-11(10)2)16-14(21)9-20-18-15(17-19-20)13-4-3-7-22-13/h3-8H,9H2,1-2H3,(H,16,21). The van der Waals surface area contributed by atoms with Gasteiger partial charge in [0, 0.05) is 5.69 Å². The molecule has 7 heteroatoms. The van der Waals surface area contributed by atoms with Crippen LogP contribution in [-0.2, 0) is 11.3 Å². The zero-order valence-electron chi connectivity index (χ0n) is 12.3. The molecular weight excluding hydrogens is 298 g/mol. The summed E-state index contributed by atoms with van der Waals surface area (Å²) < 4.78 is 0. The van der Waals surface area contributed by atoms with Crippen molar-refractivity contribution in [3.63, 3.8) is 0 Å². The molecule has 0 fully saturated rings. The molecule has 0 aliphatic heterocycles. The number of hydrogen-bond acceptors (Lipinski definition) is 5. The Morgan fingerprint density at radius 3 is 2.86 bits per heavy atom. The summed E-state index contributed by atoms with van der Waals surface area (Å²) in [7, 11) is 0. The van der Waals surface area contributed by atoms with Gasteiger partial charge in [-0.05, 0) is 53.8 Å². The summed E-state index contributed by atoms with van der Waals surface area (Å²) in [5, 5.41) is 16.9. The van der Waals surface area contributed by atoms with E-state index in [-0.39, 0.29) is 12.5 Å². The molecule has 0 atom stereocenters. The highest BCUT2D eigenvalue weighted by Crippen LogP contribution is 2.19. The van der Waals surface area contributed by atoms with Crippen molar-refractivity contribution in [2.24, 2.45) is 0 Å². The van der Waals surface area contributed by atoms with Crippen LogP contribution in [-0.4, -0.2) is 26.1 Å². The Balaban J connectivity index is 1.65. The topological polar surface area (TPSA) is 72.7 Å². The van der Waals surface area contributed by atoms with Crippen LogP contribution in [0.4, 0.5) is 5.69 Å².